The van der Waals surface area contributed by atoms with Gasteiger partial charge < -0.3 is 13.9 Å². The van der Waals surface area contributed by atoms with Crippen molar-refractivity contribution in [1.29, 1.82) is 0 Å². The highest BCUT2D eigenvalue weighted by molar-refractivity contribution is 7.86. The average molecular weight is 282 g/mol. The molecule has 0 amide bonds. The molecular weight excluding hydrogens is 261 g/mol. The van der Waals surface area contributed by atoms with E-state index in [1.165, 1.54) is 0 Å². The van der Waals surface area contributed by atoms with Gasteiger partial charge in [-0.05, 0) is 21.1 Å². The fourth-order valence-corrected chi connectivity index (χ4v) is 0. The Morgan fingerprint density at radius 3 is 1.06 bits per heavy atom. The standard InChI is InChI=1S/C4H12N.C3H9N.CHF3O3S/c1-5(2,3)4;1-4(2)3;2-1(3,4)8(5,6)7/h1-4H3;1-3H3;(H,5,6,7)/q+1;;/p-1. The van der Waals surface area contributed by atoms with Crippen molar-refractivity contribution in [2.24, 2.45) is 0 Å². The molecule has 0 aliphatic carbocycles. The third-order valence-corrected chi connectivity index (χ3v) is 0.850. The van der Waals surface area contributed by atoms with E-state index in [-0.39, 0.29) is 0 Å². The zero-order chi connectivity index (χ0) is 15.1. The normalized spacial score (nSPS) is 12.2. The third kappa shape index (κ3) is 39.0. The van der Waals surface area contributed by atoms with Crippen molar-refractivity contribution in [2.75, 3.05) is 49.3 Å². The lowest BCUT2D eigenvalue weighted by atomic mass is 10.8. The van der Waals surface area contributed by atoms with Crippen LogP contribution in [0.4, 0.5) is 13.2 Å². The van der Waals surface area contributed by atoms with E-state index in [2.05, 4.69) is 28.2 Å². The van der Waals surface area contributed by atoms with Crippen LogP contribution in [0.25, 0.3) is 0 Å². The van der Waals surface area contributed by atoms with E-state index in [0.29, 0.717) is 0 Å². The van der Waals surface area contributed by atoms with E-state index in [0.717, 1.165) is 4.48 Å². The molecule has 0 aliphatic heterocycles. The summed E-state index contributed by atoms with van der Waals surface area (Å²) in [5, 5.41) is 0. The van der Waals surface area contributed by atoms with Crippen LogP contribution in [0.15, 0.2) is 0 Å². The van der Waals surface area contributed by atoms with E-state index < -0.39 is 15.6 Å². The molecule has 0 N–H and O–H groups in total. The number of rotatable bonds is 0. The van der Waals surface area contributed by atoms with Crippen molar-refractivity contribution in [3.63, 3.8) is 0 Å². The van der Waals surface area contributed by atoms with E-state index in [1.54, 1.807) is 0 Å². The van der Waals surface area contributed by atoms with Gasteiger partial charge in [0, 0.05) is 0 Å². The zero-order valence-corrected chi connectivity index (χ0v) is 12.0. The molecule has 0 atom stereocenters. The van der Waals surface area contributed by atoms with Gasteiger partial charge in [0.2, 0.25) is 0 Å². The molecule has 0 unspecified atom stereocenters. The molecule has 5 nitrogen and oxygen atoms in total. The van der Waals surface area contributed by atoms with Crippen LogP contribution in [0.5, 0.6) is 0 Å². The Bertz CT molecular complexity index is 273. The number of quaternary nitrogens is 1. The molecular formula is C8H21F3N2O3S. The molecule has 17 heavy (non-hydrogen) atoms. The summed E-state index contributed by atoms with van der Waals surface area (Å²) >= 11 is 0. The summed E-state index contributed by atoms with van der Waals surface area (Å²) in [5.41, 5.74) is -5.65. The molecule has 0 heterocycles. The predicted molar refractivity (Wildman–Crippen MR) is 59.3 cm³/mol. The average Bonchev–Trinajstić information content (AvgIpc) is 1.73. The van der Waals surface area contributed by atoms with Crippen LogP contribution in [-0.2, 0) is 10.1 Å². The minimum atomic E-state index is -6.09. The number of hydrogen-bond acceptors (Lipinski definition) is 4. The molecule has 0 radical (unpaired) electrons. The molecule has 0 fully saturated rings. The van der Waals surface area contributed by atoms with Gasteiger partial charge in [0.25, 0.3) is 0 Å². The molecule has 0 aromatic rings. The van der Waals surface area contributed by atoms with Gasteiger partial charge in [0.1, 0.15) is 0 Å². The minimum absolute atomic E-state index is 1.00. The van der Waals surface area contributed by atoms with E-state index >= 15 is 0 Å². The highest BCUT2D eigenvalue weighted by atomic mass is 32.2. The van der Waals surface area contributed by atoms with Crippen LogP contribution < -0.4 is 0 Å². The second-order valence-corrected chi connectivity index (χ2v) is 6.30. The lowest BCUT2D eigenvalue weighted by Gasteiger charge is -2.14. The quantitative estimate of drug-likeness (QED) is 0.370. The van der Waals surface area contributed by atoms with Crippen molar-refractivity contribution < 1.29 is 30.6 Å². The molecule has 0 saturated carbocycles. The molecule has 9 heteroatoms. The summed E-state index contributed by atoms with van der Waals surface area (Å²) in [6.07, 6.45) is 0. The monoisotopic (exact) mass is 282 g/mol. The Hall–Kier alpha value is -0.380. The molecule has 0 aliphatic rings. The molecule has 108 valence electrons. The topological polar surface area (TPSA) is 60.4 Å². The van der Waals surface area contributed by atoms with Crippen molar-refractivity contribution in [2.45, 2.75) is 5.51 Å². The highest BCUT2D eigenvalue weighted by Crippen LogP contribution is 2.20. The number of hydrogen-bond donors (Lipinski definition) is 0. The zero-order valence-electron chi connectivity index (χ0n) is 11.2. The second-order valence-electron chi connectivity index (χ2n) is 4.92. The number of nitrogens with zero attached hydrogens (tertiary/aromatic N) is 2. The fraction of sp³-hybridized carbons (Fsp3) is 1.00. The lowest BCUT2D eigenvalue weighted by Crippen LogP contribution is -2.27. The SMILES string of the molecule is CN(C)C.C[N+](C)(C)C.O=S(=O)([O-])C(F)(F)F. The van der Waals surface area contributed by atoms with Gasteiger partial charge in [-0.2, -0.15) is 13.2 Å². The third-order valence-electron chi connectivity index (χ3n) is 0.283. The first kappa shape index (κ1) is 21.9. The van der Waals surface area contributed by atoms with Gasteiger partial charge in [-0.1, -0.05) is 0 Å². The highest BCUT2D eigenvalue weighted by Gasteiger charge is 2.36. The largest absolute Gasteiger partial charge is 0.741 e. The molecule has 0 rings (SSSR count). The van der Waals surface area contributed by atoms with E-state index in [4.69, 9.17) is 13.0 Å². The van der Waals surface area contributed by atoms with Crippen molar-refractivity contribution in [3.8, 4) is 0 Å². The minimum Gasteiger partial charge on any atom is -0.741 e. The number of alkyl halides is 3. The van der Waals surface area contributed by atoms with E-state index in [1.807, 2.05) is 26.0 Å². The summed E-state index contributed by atoms with van der Waals surface area (Å²) in [7, 11) is 8.41. The fourth-order valence-electron chi connectivity index (χ4n) is 0. The Morgan fingerprint density at radius 2 is 1.06 bits per heavy atom. The molecule has 0 bridgehead atoms. The summed E-state index contributed by atoms with van der Waals surface area (Å²) in [4.78, 5) is 2.00. The van der Waals surface area contributed by atoms with Crippen LogP contribution in [-0.4, -0.2) is 77.2 Å². The van der Waals surface area contributed by atoms with Crippen LogP contribution >= 0.6 is 0 Å². The summed E-state index contributed by atoms with van der Waals surface area (Å²) < 4.78 is 59.9. The van der Waals surface area contributed by atoms with Crippen molar-refractivity contribution in [1.82, 2.24) is 4.90 Å². The molecule has 0 saturated heterocycles. The first-order valence-corrected chi connectivity index (χ1v) is 5.81. The van der Waals surface area contributed by atoms with Crippen LogP contribution in [0, 0.1) is 0 Å². The maximum Gasteiger partial charge on any atom is 0.485 e. The predicted octanol–water partition coefficient (Wildman–Crippen LogP) is 0.552. The Balaban J connectivity index is -0.000000188. The van der Waals surface area contributed by atoms with Gasteiger partial charge in [0.15, 0.2) is 10.1 Å². The van der Waals surface area contributed by atoms with Gasteiger partial charge in [-0.25, -0.2) is 8.42 Å². The van der Waals surface area contributed by atoms with Gasteiger partial charge >= 0.3 is 5.51 Å². The summed E-state index contributed by atoms with van der Waals surface area (Å²) in [6.45, 7) is 0. The Morgan fingerprint density at radius 1 is 1.00 bits per heavy atom. The van der Waals surface area contributed by atoms with Crippen molar-refractivity contribution in [3.05, 3.63) is 0 Å². The summed E-state index contributed by atoms with van der Waals surface area (Å²) in [5.74, 6) is 0. The summed E-state index contributed by atoms with van der Waals surface area (Å²) in [6, 6.07) is 0. The van der Waals surface area contributed by atoms with Crippen molar-refractivity contribution >= 4 is 10.1 Å². The molecule has 0 aromatic heterocycles. The van der Waals surface area contributed by atoms with Crippen LogP contribution in [0.2, 0.25) is 0 Å². The lowest BCUT2D eigenvalue weighted by molar-refractivity contribution is -0.849. The first-order valence-electron chi connectivity index (χ1n) is 4.40. The van der Waals surface area contributed by atoms with Crippen LogP contribution in [0.3, 0.4) is 0 Å². The van der Waals surface area contributed by atoms with E-state index in [9.17, 15) is 13.2 Å². The maximum atomic E-state index is 10.7. The van der Waals surface area contributed by atoms with Gasteiger partial charge in [0.05, 0.1) is 28.2 Å². The van der Waals surface area contributed by atoms with Gasteiger partial charge in [-0.15, -0.1) is 0 Å². The van der Waals surface area contributed by atoms with Gasteiger partial charge in [-0.3, -0.25) is 0 Å². The smallest absolute Gasteiger partial charge is 0.485 e. The molecule has 0 spiro atoms. The molecule has 0 aromatic carbocycles. The first-order chi connectivity index (χ1) is 6.98. The number of halogens is 3. The Labute approximate surface area is 101 Å². The second kappa shape index (κ2) is 7.85. The Kier molecular flexibility index (Phi) is 10.1. The maximum absolute atomic E-state index is 10.7. The van der Waals surface area contributed by atoms with Crippen LogP contribution in [0.1, 0.15) is 0 Å².